The summed E-state index contributed by atoms with van der Waals surface area (Å²) >= 11 is 0. The number of ether oxygens (including phenoxy) is 2. The van der Waals surface area contributed by atoms with Crippen LogP contribution in [0.5, 0.6) is 5.75 Å². The van der Waals surface area contributed by atoms with E-state index < -0.39 is 6.10 Å². The van der Waals surface area contributed by atoms with Gasteiger partial charge in [0.1, 0.15) is 24.3 Å². The van der Waals surface area contributed by atoms with Crippen molar-refractivity contribution in [3.8, 4) is 5.75 Å². The molecule has 1 saturated heterocycles. The number of hydrogen-bond donors (Lipinski definition) is 1. The Balaban J connectivity index is 0.00000280. The molecule has 6 heteroatoms. The van der Waals surface area contributed by atoms with Crippen LogP contribution in [0.1, 0.15) is 28.4 Å². The van der Waals surface area contributed by atoms with Gasteiger partial charge in [0, 0.05) is 19.6 Å². The van der Waals surface area contributed by atoms with E-state index in [1.54, 1.807) is 6.07 Å². The van der Waals surface area contributed by atoms with Crippen molar-refractivity contribution in [2.24, 2.45) is 0 Å². The lowest BCUT2D eigenvalue weighted by Gasteiger charge is -2.34. The number of aryl methyl sites for hydroxylation is 2. The maximum atomic E-state index is 13.5. The Hall–Kier alpha value is -1.66. The number of morpholine rings is 1. The quantitative estimate of drug-likeness (QED) is 0.783. The third-order valence-electron chi connectivity index (χ3n) is 5.04. The van der Waals surface area contributed by atoms with E-state index in [1.807, 2.05) is 26.0 Å². The van der Waals surface area contributed by atoms with Gasteiger partial charge in [0.25, 0.3) is 0 Å². The minimum Gasteiger partial charge on any atom is -0.491 e. The molecule has 2 aromatic rings. The van der Waals surface area contributed by atoms with Gasteiger partial charge in [0.05, 0.1) is 12.7 Å². The van der Waals surface area contributed by atoms with Crippen LogP contribution in [0.2, 0.25) is 0 Å². The number of halogens is 2. The molecule has 0 bridgehead atoms. The van der Waals surface area contributed by atoms with Crippen LogP contribution in [-0.2, 0) is 4.74 Å². The predicted octanol–water partition coefficient (Wildman–Crippen LogP) is 3.99. The van der Waals surface area contributed by atoms with Crippen LogP contribution < -0.4 is 4.74 Å². The van der Waals surface area contributed by atoms with Gasteiger partial charge in [-0.3, -0.25) is 4.90 Å². The molecule has 2 aromatic carbocycles. The zero-order valence-electron chi connectivity index (χ0n) is 16.7. The van der Waals surface area contributed by atoms with Crippen LogP contribution in [-0.4, -0.2) is 49.0 Å². The molecule has 1 aliphatic heterocycles. The van der Waals surface area contributed by atoms with Gasteiger partial charge in [-0.1, -0.05) is 18.2 Å². The van der Waals surface area contributed by atoms with E-state index in [-0.39, 0.29) is 30.9 Å². The van der Waals surface area contributed by atoms with Crippen LogP contribution in [0.15, 0.2) is 36.4 Å². The minimum atomic E-state index is -0.600. The standard InChI is InChI=1S/C22H28FNO3.ClH/c1-15-9-16(2)17(3)21(10-15)27-14-20(25)12-24-7-8-26-22(13-24)18-5-4-6-19(23)11-18;/h4-6,9-11,20,22,25H,7-8,12-14H2,1-3H3;1H. The first-order valence-corrected chi connectivity index (χ1v) is 9.40. The Morgan fingerprint density at radius 2 is 2.04 bits per heavy atom. The molecule has 1 fully saturated rings. The summed E-state index contributed by atoms with van der Waals surface area (Å²) in [5, 5.41) is 10.4. The molecule has 4 nitrogen and oxygen atoms in total. The smallest absolute Gasteiger partial charge is 0.123 e. The molecular weight excluding hydrogens is 381 g/mol. The highest BCUT2D eigenvalue weighted by Gasteiger charge is 2.24. The second-order valence-electron chi connectivity index (χ2n) is 7.34. The van der Waals surface area contributed by atoms with Crippen molar-refractivity contribution in [3.63, 3.8) is 0 Å². The Morgan fingerprint density at radius 3 is 2.79 bits per heavy atom. The van der Waals surface area contributed by atoms with Gasteiger partial charge in [-0.25, -0.2) is 4.39 Å². The molecule has 0 saturated carbocycles. The summed E-state index contributed by atoms with van der Waals surface area (Å²) in [7, 11) is 0. The maximum absolute atomic E-state index is 13.5. The van der Waals surface area contributed by atoms with Crippen LogP contribution in [0.4, 0.5) is 4.39 Å². The van der Waals surface area contributed by atoms with E-state index in [0.29, 0.717) is 19.7 Å². The second kappa shape index (κ2) is 10.2. The summed E-state index contributed by atoms with van der Waals surface area (Å²) in [5.74, 6) is 0.566. The van der Waals surface area contributed by atoms with Crippen LogP contribution in [0.3, 0.4) is 0 Å². The van der Waals surface area contributed by atoms with E-state index in [1.165, 1.54) is 17.7 Å². The predicted molar refractivity (Wildman–Crippen MR) is 111 cm³/mol. The summed E-state index contributed by atoms with van der Waals surface area (Å²) in [6.07, 6.45) is -0.777. The zero-order chi connectivity index (χ0) is 19.4. The van der Waals surface area contributed by atoms with Crippen LogP contribution in [0, 0.1) is 26.6 Å². The van der Waals surface area contributed by atoms with Gasteiger partial charge in [0.2, 0.25) is 0 Å². The molecule has 0 radical (unpaired) electrons. The minimum absolute atomic E-state index is 0. The summed E-state index contributed by atoms with van der Waals surface area (Å²) in [6, 6.07) is 10.6. The highest BCUT2D eigenvalue weighted by atomic mass is 35.5. The first-order chi connectivity index (χ1) is 12.9. The summed E-state index contributed by atoms with van der Waals surface area (Å²) < 4.78 is 25.1. The number of hydrogen-bond acceptors (Lipinski definition) is 4. The average Bonchev–Trinajstić information content (AvgIpc) is 2.63. The normalized spacial score (nSPS) is 18.4. The van der Waals surface area contributed by atoms with Gasteiger partial charge < -0.3 is 14.6 Å². The molecule has 154 valence electrons. The molecule has 2 unspecified atom stereocenters. The topological polar surface area (TPSA) is 41.9 Å². The molecule has 0 aromatic heterocycles. The molecule has 0 spiro atoms. The molecule has 1 aliphatic rings. The third-order valence-corrected chi connectivity index (χ3v) is 5.04. The lowest BCUT2D eigenvalue weighted by Crippen LogP contribution is -2.43. The van der Waals surface area contributed by atoms with Gasteiger partial charge in [-0.05, 0) is 61.2 Å². The van der Waals surface area contributed by atoms with Crippen molar-refractivity contribution >= 4 is 12.4 Å². The van der Waals surface area contributed by atoms with E-state index in [2.05, 4.69) is 17.9 Å². The molecule has 3 rings (SSSR count). The second-order valence-corrected chi connectivity index (χ2v) is 7.34. The fraction of sp³-hybridized carbons (Fsp3) is 0.455. The molecule has 1 N–H and O–H groups in total. The van der Waals surface area contributed by atoms with Crippen molar-refractivity contribution in [3.05, 3.63) is 64.5 Å². The fourth-order valence-electron chi connectivity index (χ4n) is 3.46. The highest BCUT2D eigenvalue weighted by Crippen LogP contribution is 2.25. The summed E-state index contributed by atoms with van der Waals surface area (Å²) in [4.78, 5) is 2.14. The van der Waals surface area contributed by atoms with E-state index in [9.17, 15) is 9.50 Å². The van der Waals surface area contributed by atoms with Crippen molar-refractivity contribution in [2.75, 3.05) is 32.8 Å². The Kier molecular flexibility index (Phi) is 8.25. The fourth-order valence-corrected chi connectivity index (χ4v) is 3.46. The molecular formula is C22H29ClFNO3. The first-order valence-electron chi connectivity index (χ1n) is 9.40. The number of rotatable bonds is 6. The highest BCUT2D eigenvalue weighted by molar-refractivity contribution is 5.85. The maximum Gasteiger partial charge on any atom is 0.123 e. The van der Waals surface area contributed by atoms with Crippen LogP contribution >= 0.6 is 12.4 Å². The van der Waals surface area contributed by atoms with E-state index in [4.69, 9.17) is 9.47 Å². The van der Waals surface area contributed by atoms with Crippen molar-refractivity contribution in [1.82, 2.24) is 4.90 Å². The number of aliphatic hydroxyl groups is 1. The van der Waals surface area contributed by atoms with E-state index in [0.717, 1.165) is 29.0 Å². The van der Waals surface area contributed by atoms with Gasteiger partial charge in [0.15, 0.2) is 0 Å². The molecule has 0 amide bonds. The van der Waals surface area contributed by atoms with Crippen molar-refractivity contribution in [1.29, 1.82) is 0 Å². The molecule has 2 atom stereocenters. The number of nitrogens with zero attached hydrogens (tertiary/aromatic N) is 1. The lowest BCUT2D eigenvalue weighted by molar-refractivity contribution is -0.0460. The Labute approximate surface area is 172 Å². The van der Waals surface area contributed by atoms with Crippen molar-refractivity contribution in [2.45, 2.75) is 33.0 Å². The zero-order valence-corrected chi connectivity index (χ0v) is 17.5. The number of β-amino-alcohol motifs (C(OH)–C–C–N with tert-alkyl or cyclic N) is 1. The molecule has 28 heavy (non-hydrogen) atoms. The monoisotopic (exact) mass is 409 g/mol. The number of benzene rings is 2. The third kappa shape index (κ3) is 5.92. The van der Waals surface area contributed by atoms with Crippen molar-refractivity contribution < 1.29 is 19.0 Å². The summed E-state index contributed by atoms with van der Waals surface area (Å²) in [6.45, 7) is 8.80. The van der Waals surface area contributed by atoms with Crippen LogP contribution in [0.25, 0.3) is 0 Å². The Bertz CT molecular complexity index is 786. The largest absolute Gasteiger partial charge is 0.491 e. The van der Waals surface area contributed by atoms with Gasteiger partial charge >= 0.3 is 0 Å². The van der Waals surface area contributed by atoms with Gasteiger partial charge in [-0.15, -0.1) is 12.4 Å². The Morgan fingerprint density at radius 1 is 1.25 bits per heavy atom. The lowest BCUT2D eigenvalue weighted by atomic mass is 10.1. The number of aliphatic hydroxyl groups excluding tert-OH is 1. The molecule has 0 aliphatic carbocycles. The average molecular weight is 410 g/mol. The summed E-state index contributed by atoms with van der Waals surface area (Å²) in [5.41, 5.74) is 4.26. The first kappa shape index (κ1) is 22.6. The molecule has 1 heterocycles. The van der Waals surface area contributed by atoms with Gasteiger partial charge in [-0.2, -0.15) is 0 Å². The SMILES string of the molecule is Cc1cc(C)c(C)c(OCC(O)CN2CCOC(c3cccc(F)c3)C2)c1.Cl. The van der Waals surface area contributed by atoms with E-state index >= 15 is 0 Å².